The zero-order chi connectivity index (χ0) is 17.9. The molecule has 0 amide bonds. The molecule has 7 nitrogen and oxygen atoms in total. The quantitative estimate of drug-likeness (QED) is 0.324. The summed E-state index contributed by atoms with van der Waals surface area (Å²) in [6.45, 7) is 6.27. The molecule has 0 unspecified atom stereocenters. The summed E-state index contributed by atoms with van der Waals surface area (Å²) in [5.41, 5.74) is 0. The molecule has 142 valence electrons. The average molecular weight is 351 g/mol. The Hall–Kier alpha value is -1.63. The van der Waals surface area contributed by atoms with Crippen LogP contribution in [0.2, 0.25) is 0 Å². The first-order valence-corrected chi connectivity index (χ1v) is 9.57. The summed E-state index contributed by atoms with van der Waals surface area (Å²) in [7, 11) is 1.77. The van der Waals surface area contributed by atoms with E-state index >= 15 is 0 Å². The van der Waals surface area contributed by atoms with E-state index in [1.165, 1.54) is 38.5 Å². The highest BCUT2D eigenvalue weighted by molar-refractivity contribution is 5.79. The van der Waals surface area contributed by atoms with Crippen LogP contribution in [0.25, 0.3) is 0 Å². The van der Waals surface area contributed by atoms with E-state index < -0.39 is 0 Å². The molecule has 1 saturated carbocycles. The molecule has 0 bridgehead atoms. The summed E-state index contributed by atoms with van der Waals surface area (Å²) in [5.74, 6) is 2.47. The van der Waals surface area contributed by atoms with Crippen molar-refractivity contribution >= 4 is 5.96 Å². The van der Waals surface area contributed by atoms with Crippen molar-refractivity contribution in [2.75, 3.05) is 26.7 Å². The molecular formula is C18H33N5O2. The maximum absolute atomic E-state index is 5.98. The summed E-state index contributed by atoms with van der Waals surface area (Å²) in [5, 5.41) is 10.5. The lowest BCUT2D eigenvalue weighted by atomic mass is 10.1. The molecule has 2 N–H and O–H groups in total. The van der Waals surface area contributed by atoms with Crippen LogP contribution >= 0.6 is 0 Å². The van der Waals surface area contributed by atoms with Crippen LogP contribution in [0.4, 0.5) is 0 Å². The van der Waals surface area contributed by atoms with Crippen molar-refractivity contribution in [3.8, 4) is 0 Å². The van der Waals surface area contributed by atoms with Gasteiger partial charge < -0.3 is 19.9 Å². The summed E-state index contributed by atoms with van der Waals surface area (Å²) >= 11 is 0. The fourth-order valence-corrected chi connectivity index (χ4v) is 2.92. The van der Waals surface area contributed by atoms with Crippen molar-refractivity contribution in [3.05, 3.63) is 11.7 Å². The number of aliphatic imine (C=N–C) groups is 1. The average Bonchev–Trinajstić information content (AvgIpc) is 2.93. The number of ether oxygens (including phenoxy) is 1. The second-order valence-corrected chi connectivity index (χ2v) is 6.86. The second kappa shape index (κ2) is 11.1. The Kier molecular flexibility index (Phi) is 8.72. The highest BCUT2D eigenvalue weighted by Crippen LogP contribution is 2.19. The maximum Gasteiger partial charge on any atom is 0.228 e. The van der Waals surface area contributed by atoms with Crippen LogP contribution < -0.4 is 10.6 Å². The minimum atomic E-state index is 0.286. The van der Waals surface area contributed by atoms with Crippen molar-refractivity contribution in [1.29, 1.82) is 0 Å². The van der Waals surface area contributed by atoms with Gasteiger partial charge >= 0.3 is 0 Å². The van der Waals surface area contributed by atoms with E-state index in [4.69, 9.17) is 9.26 Å². The van der Waals surface area contributed by atoms with Crippen molar-refractivity contribution in [3.63, 3.8) is 0 Å². The van der Waals surface area contributed by atoms with Crippen LogP contribution in [0.1, 0.15) is 70.0 Å². The van der Waals surface area contributed by atoms with Gasteiger partial charge in [0.25, 0.3) is 0 Å². The molecule has 0 aromatic carbocycles. The lowest BCUT2D eigenvalue weighted by Gasteiger charge is -2.16. The van der Waals surface area contributed by atoms with Crippen molar-refractivity contribution in [2.24, 2.45) is 4.99 Å². The Morgan fingerprint density at radius 1 is 1.20 bits per heavy atom. The molecule has 0 atom stereocenters. The summed E-state index contributed by atoms with van der Waals surface area (Å²) in [4.78, 5) is 8.59. The van der Waals surface area contributed by atoms with Crippen LogP contribution in [0.5, 0.6) is 0 Å². The Labute approximate surface area is 151 Å². The predicted molar refractivity (Wildman–Crippen MR) is 98.9 cm³/mol. The van der Waals surface area contributed by atoms with Gasteiger partial charge in [0.1, 0.15) is 0 Å². The lowest BCUT2D eigenvalue weighted by molar-refractivity contribution is 0.0468. The lowest BCUT2D eigenvalue weighted by Crippen LogP contribution is -2.40. The molecular weight excluding hydrogens is 318 g/mol. The molecule has 7 heteroatoms. The molecule has 2 rings (SSSR count). The zero-order valence-electron chi connectivity index (χ0n) is 15.9. The van der Waals surface area contributed by atoms with Gasteiger partial charge in [-0.25, -0.2) is 0 Å². The molecule has 0 aliphatic heterocycles. The molecule has 1 aliphatic rings. The van der Waals surface area contributed by atoms with Crippen LogP contribution in [0.3, 0.4) is 0 Å². The molecule has 1 heterocycles. The molecule has 1 aromatic rings. The zero-order valence-corrected chi connectivity index (χ0v) is 15.9. The molecule has 0 saturated heterocycles. The highest BCUT2D eigenvalue weighted by Gasteiger charge is 2.12. The maximum atomic E-state index is 5.98. The Bertz CT molecular complexity index is 507. The number of nitrogens with zero attached hydrogens (tertiary/aromatic N) is 3. The standard InChI is InChI=1S/C18H33N5O2/c1-14(2)17-22-16(25-23-17)10-11-20-18(19-3)21-12-13-24-15-8-6-4-5-7-9-15/h14-15H,4-13H2,1-3H3,(H2,19,20,21). The van der Waals surface area contributed by atoms with E-state index in [1.54, 1.807) is 7.05 Å². The molecule has 0 radical (unpaired) electrons. The van der Waals surface area contributed by atoms with Gasteiger partial charge in [0.15, 0.2) is 11.8 Å². The number of nitrogens with one attached hydrogen (secondary N) is 2. The monoisotopic (exact) mass is 351 g/mol. The summed E-state index contributed by atoms with van der Waals surface area (Å²) in [6.07, 6.45) is 8.84. The van der Waals surface area contributed by atoms with Gasteiger partial charge in [-0.05, 0) is 12.8 Å². The SMILES string of the molecule is CN=C(NCCOC1CCCCCC1)NCCc1nc(C(C)C)no1. The van der Waals surface area contributed by atoms with E-state index in [0.717, 1.165) is 18.3 Å². The second-order valence-electron chi connectivity index (χ2n) is 6.86. The first-order chi connectivity index (χ1) is 12.2. The Morgan fingerprint density at radius 3 is 2.56 bits per heavy atom. The fourth-order valence-electron chi connectivity index (χ4n) is 2.92. The fraction of sp³-hybridized carbons (Fsp3) is 0.833. The molecule has 1 aliphatic carbocycles. The predicted octanol–water partition coefficient (Wildman–Crippen LogP) is 2.64. The van der Waals surface area contributed by atoms with Crippen molar-refractivity contribution in [2.45, 2.75) is 70.8 Å². The van der Waals surface area contributed by atoms with E-state index in [2.05, 4.69) is 39.6 Å². The van der Waals surface area contributed by atoms with Crippen LogP contribution in [-0.4, -0.2) is 48.9 Å². The van der Waals surface area contributed by atoms with Gasteiger partial charge in [-0.1, -0.05) is 44.7 Å². The third-order valence-corrected chi connectivity index (χ3v) is 4.41. The third kappa shape index (κ3) is 7.42. The summed E-state index contributed by atoms with van der Waals surface area (Å²) in [6, 6.07) is 0. The molecule has 1 aromatic heterocycles. The van der Waals surface area contributed by atoms with E-state index in [9.17, 15) is 0 Å². The van der Waals surface area contributed by atoms with Crippen molar-refractivity contribution < 1.29 is 9.26 Å². The summed E-state index contributed by atoms with van der Waals surface area (Å²) < 4.78 is 11.2. The molecule has 0 spiro atoms. The smallest absolute Gasteiger partial charge is 0.228 e. The minimum Gasteiger partial charge on any atom is -0.376 e. The van der Waals surface area contributed by atoms with Crippen LogP contribution in [0, 0.1) is 0 Å². The number of rotatable bonds is 8. The van der Waals surface area contributed by atoms with E-state index in [0.29, 0.717) is 31.6 Å². The first kappa shape index (κ1) is 19.7. The third-order valence-electron chi connectivity index (χ3n) is 4.41. The van der Waals surface area contributed by atoms with Gasteiger partial charge in [-0.15, -0.1) is 0 Å². The van der Waals surface area contributed by atoms with Gasteiger partial charge in [-0.3, -0.25) is 4.99 Å². The number of hydrogen-bond donors (Lipinski definition) is 2. The highest BCUT2D eigenvalue weighted by atomic mass is 16.5. The van der Waals surface area contributed by atoms with Gasteiger partial charge in [0.2, 0.25) is 5.89 Å². The first-order valence-electron chi connectivity index (χ1n) is 9.57. The normalized spacial score (nSPS) is 16.9. The van der Waals surface area contributed by atoms with Crippen LogP contribution in [0.15, 0.2) is 9.52 Å². The minimum absolute atomic E-state index is 0.286. The molecule has 1 fully saturated rings. The number of hydrogen-bond acceptors (Lipinski definition) is 5. The van der Waals surface area contributed by atoms with Crippen LogP contribution in [-0.2, 0) is 11.2 Å². The van der Waals surface area contributed by atoms with E-state index in [-0.39, 0.29) is 5.92 Å². The molecule has 25 heavy (non-hydrogen) atoms. The largest absolute Gasteiger partial charge is 0.376 e. The number of aromatic nitrogens is 2. The topological polar surface area (TPSA) is 84.6 Å². The van der Waals surface area contributed by atoms with Gasteiger partial charge in [0.05, 0.1) is 12.7 Å². The number of guanidine groups is 1. The van der Waals surface area contributed by atoms with Gasteiger partial charge in [0, 0.05) is 32.5 Å². The Morgan fingerprint density at radius 2 is 1.92 bits per heavy atom. The van der Waals surface area contributed by atoms with Gasteiger partial charge in [-0.2, -0.15) is 4.98 Å². The van der Waals surface area contributed by atoms with E-state index in [1.807, 2.05) is 0 Å². The Balaban J connectivity index is 1.58. The van der Waals surface area contributed by atoms with Crippen molar-refractivity contribution in [1.82, 2.24) is 20.8 Å².